The summed E-state index contributed by atoms with van der Waals surface area (Å²) in [7, 11) is 0. The van der Waals surface area contributed by atoms with Crippen LogP contribution in [0.5, 0.6) is 0 Å². The lowest BCUT2D eigenvalue weighted by atomic mass is 10.1. The summed E-state index contributed by atoms with van der Waals surface area (Å²) >= 11 is 0. The van der Waals surface area contributed by atoms with Gasteiger partial charge in [-0.2, -0.15) is 5.10 Å². The number of pyridine rings is 1. The van der Waals surface area contributed by atoms with Crippen molar-refractivity contribution in [3.63, 3.8) is 0 Å². The number of rotatable bonds is 5. The minimum Gasteiger partial charge on any atom is -0.371 e. The molecule has 6 nitrogen and oxygen atoms in total. The van der Waals surface area contributed by atoms with Gasteiger partial charge in [-0.15, -0.1) is 0 Å². The van der Waals surface area contributed by atoms with Gasteiger partial charge in [-0.25, -0.2) is 9.67 Å². The Kier molecular flexibility index (Phi) is 5.60. The van der Waals surface area contributed by atoms with Gasteiger partial charge in [0.15, 0.2) is 5.82 Å². The second-order valence-corrected chi connectivity index (χ2v) is 7.75. The number of hydrogen-bond donors (Lipinski definition) is 1. The molecular formula is C23H27N5O. The van der Waals surface area contributed by atoms with Crippen LogP contribution in [0, 0.1) is 0 Å². The molecule has 0 aliphatic carbocycles. The van der Waals surface area contributed by atoms with Gasteiger partial charge in [0.2, 0.25) is 0 Å². The maximum absolute atomic E-state index is 13.1. The van der Waals surface area contributed by atoms with Crippen LogP contribution < -0.4 is 10.2 Å². The summed E-state index contributed by atoms with van der Waals surface area (Å²) < 4.78 is 1.75. The van der Waals surface area contributed by atoms with Crippen LogP contribution in [0.15, 0.2) is 54.9 Å². The summed E-state index contributed by atoms with van der Waals surface area (Å²) in [5.41, 5.74) is 3.40. The van der Waals surface area contributed by atoms with E-state index < -0.39 is 0 Å². The first kappa shape index (κ1) is 19.2. The molecule has 0 unspecified atom stereocenters. The monoisotopic (exact) mass is 389 g/mol. The quantitative estimate of drug-likeness (QED) is 0.691. The zero-order valence-corrected chi connectivity index (χ0v) is 17.0. The van der Waals surface area contributed by atoms with Crippen LogP contribution in [0.2, 0.25) is 0 Å². The molecule has 0 saturated carbocycles. The molecule has 1 fully saturated rings. The van der Waals surface area contributed by atoms with Crippen LogP contribution in [-0.2, 0) is 0 Å². The van der Waals surface area contributed by atoms with Gasteiger partial charge in [0.25, 0.3) is 5.91 Å². The number of amides is 1. The summed E-state index contributed by atoms with van der Waals surface area (Å²) in [6.45, 7) is 6.27. The second-order valence-electron chi connectivity index (χ2n) is 7.75. The normalized spacial score (nSPS) is 14.2. The molecule has 6 heteroatoms. The molecule has 3 aromatic rings. The van der Waals surface area contributed by atoms with Crippen molar-refractivity contribution in [2.45, 2.75) is 39.0 Å². The highest BCUT2D eigenvalue weighted by Crippen LogP contribution is 2.26. The highest BCUT2D eigenvalue weighted by molar-refractivity contribution is 6.05. The van der Waals surface area contributed by atoms with E-state index in [1.54, 1.807) is 17.1 Å². The van der Waals surface area contributed by atoms with Gasteiger partial charge in [-0.1, -0.05) is 26.0 Å². The average molecular weight is 390 g/mol. The molecule has 3 heterocycles. The fourth-order valence-corrected chi connectivity index (χ4v) is 3.88. The molecule has 2 aromatic heterocycles. The van der Waals surface area contributed by atoms with E-state index in [9.17, 15) is 4.79 Å². The number of aromatic nitrogens is 3. The smallest absolute Gasteiger partial charge is 0.259 e. The number of nitrogens with zero attached hydrogens (tertiary/aromatic N) is 4. The lowest BCUT2D eigenvalue weighted by molar-refractivity contribution is 0.102. The SMILES string of the molecule is CC(C)c1c(C(=O)Nc2cccc(N3CCCCC3)c2)cnn1-c1ccccn1. The largest absolute Gasteiger partial charge is 0.371 e. The zero-order valence-electron chi connectivity index (χ0n) is 17.0. The molecule has 0 atom stereocenters. The van der Waals surface area contributed by atoms with E-state index in [4.69, 9.17) is 0 Å². The fraction of sp³-hybridized carbons (Fsp3) is 0.348. The molecule has 29 heavy (non-hydrogen) atoms. The van der Waals surface area contributed by atoms with E-state index >= 15 is 0 Å². The molecular weight excluding hydrogens is 362 g/mol. The van der Waals surface area contributed by atoms with Gasteiger partial charge in [0.05, 0.1) is 17.5 Å². The van der Waals surface area contributed by atoms with Crippen LogP contribution in [-0.4, -0.2) is 33.8 Å². The molecule has 150 valence electrons. The van der Waals surface area contributed by atoms with Crippen molar-refractivity contribution in [2.75, 3.05) is 23.3 Å². The number of hydrogen-bond acceptors (Lipinski definition) is 4. The molecule has 1 amide bonds. The van der Waals surface area contributed by atoms with E-state index in [2.05, 4.69) is 46.3 Å². The molecule has 1 saturated heterocycles. The lowest BCUT2D eigenvalue weighted by Crippen LogP contribution is -2.29. The third-order valence-corrected chi connectivity index (χ3v) is 5.29. The van der Waals surface area contributed by atoms with Crippen molar-refractivity contribution in [1.82, 2.24) is 14.8 Å². The van der Waals surface area contributed by atoms with Crippen LogP contribution >= 0.6 is 0 Å². The molecule has 4 rings (SSSR count). The number of carbonyl (C=O) groups excluding carboxylic acids is 1. The molecule has 1 aromatic carbocycles. The number of nitrogens with one attached hydrogen (secondary N) is 1. The number of anilines is 2. The summed E-state index contributed by atoms with van der Waals surface area (Å²) in [5, 5.41) is 7.50. The van der Waals surface area contributed by atoms with Crippen LogP contribution in [0.4, 0.5) is 11.4 Å². The fourth-order valence-electron chi connectivity index (χ4n) is 3.88. The van der Waals surface area contributed by atoms with Crippen molar-refractivity contribution in [1.29, 1.82) is 0 Å². The predicted molar refractivity (Wildman–Crippen MR) is 116 cm³/mol. The van der Waals surface area contributed by atoms with Gasteiger partial charge in [-0.05, 0) is 55.5 Å². The van der Waals surface area contributed by atoms with E-state index in [-0.39, 0.29) is 11.8 Å². The van der Waals surface area contributed by atoms with Crippen LogP contribution in [0.25, 0.3) is 5.82 Å². The van der Waals surface area contributed by atoms with E-state index in [0.717, 1.165) is 30.2 Å². The minimum absolute atomic E-state index is 0.125. The molecule has 1 N–H and O–H groups in total. The second kappa shape index (κ2) is 8.47. The molecule has 0 spiro atoms. The van der Waals surface area contributed by atoms with Gasteiger partial charge in [0.1, 0.15) is 0 Å². The minimum atomic E-state index is -0.147. The van der Waals surface area contributed by atoms with Crippen LogP contribution in [0.3, 0.4) is 0 Å². The standard InChI is InChI=1S/C23H27N5O/c1-17(2)22-20(16-25-28(22)21-11-4-5-12-24-21)23(29)26-18-9-8-10-19(15-18)27-13-6-3-7-14-27/h4-5,8-12,15-17H,3,6-7,13-14H2,1-2H3,(H,26,29). The Labute approximate surface area is 171 Å². The summed E-state index contributed by atoms with van der Waals surface area (Å²) in [6, 6.07) is 13.8. The third kappa shape index (κ3) is 4.16. The van der Waals surface area contributed by atoms with Crippen molar-refractivity contribution in [2.24, 2.45) is 0 Å². The van der Waals surface area contributed by atoms with E-state index in [0.29, 0.717) is 11.4 Å². The topological polar surface area (TPSA) is 63.1 Å². The first-order chi connectivity index (χ1) is 14.1. The van der Waals surface area contributed by atoms with Crippen molar-refractivity contribution >= 4 is 17.3 Å². The maximum atomic E-state index is 13.1. The number of piperidine rings is 1. The average Bonchev–Trinajstić information content (AvgIpc) is 3.21. The third-order valence-electron chi connectivity index (χ3n) is 5.29. The molecule has 1 aliphatic heterocycles. The Balaban J connectivity index is 1.58. The number of carbonyl (C=O) groups is 1. The van der Waals surface area contributed by atoms with E-state index in [1.807, 2.05) is 30.3 Å². The molecule has 0 bridgehead atoms. The predicted octanol–water partition coefficient (Wildman–Crippen LogP) is 4.63. The molecule has 0 radical (unpaired) electrons. The summed E-state index contributed by atoms with van der Waals surface area (Å²) in [4.78, 5) is 19.8. The maximum Gasteiger partial charge on any atom is 0.259 e. The van der Waals surface area contributed by atoms with Gasteiger partial charge in [0, 0.05) is 30.7 Å². The Morgan fingerprint density at radius 1 is 1.07 bits per heavy atom. The van der Waals surface area contributed by atoms with Crippen molar-refractivity contribution in [3.05, 3.63) is 66.1 Å². The summed E-state index contributed by atoms with van der Waals surface area (Å²) in [5.74, 6) is 0.689. The Hall–Kier alpha value is -3.15. The van der Waals surface area contributed by atoms with Gasteiger partial charge >= 0.3 is 0 Å². The Bertz CT molecular complexity index is 974. The van der Waals surface area contributed by atoms with Gasteiger partial charge < -0.3 is 10.2 Å². The zero-order chi connectivity index (χ0) is 20.2. The summed E-state index contributed by atoms with van der Waals surface area (Å²) in [6.07, 6.45) is 7.11. The number of benzene rings is 1. The Morgan fingerprint density at radius 2 is 1.90 bits per heavy atom. The van der Waals surface area contributed by atoms with Crippen LogP contribution in [0.1, 0.15) is 55.1 Å². The molecule has 1 aliphatic rings. The van der Waals surface area contributed by atoms with Crippen molar-refractivity contribution < 1.29 is 4.79 Å². The lowest BCUT2D eigenvalue weighted by Gasteiger charge is -2.29. The first-order valence-electron chi connectivity index (χ1n) is 10.3. The van der Waals surface area contributed by atoms with Gasteiger partial charge in [-0.3, -0.25) is 4.79 Å². The highest BCUT2D eigenvalue weighted by Gasteiger charge is 2.21. The first-order valence-corrected chi connectivity index (χ1v) is 10.3. The van der Waals surface area contributed by atoms with Crippen molar-refractivity contribution in [3.8, 4) is 5.82 Å². The Morgan fingerprint density at radius 3 is 2.62 bits per heavy atom. The van der Waals surface area contributed by atoms with E-state index in [1.165, 1.54) is 19.3 Å². The highest BCUT2D eigenvalue weighted by atomic mass is 16.1.